The van der Waals surface area contributed by atoms with Crippen LogP contribution in [-0.4, -0.2) is 47.9 Å². The molecule has 0 fully saturated rings. The van der Waals surface area contributed by atoms with Gasteiger partial charge in [-0.1, -0.05) is 25.4 Å². The zero-order chi connectivity index (χ0) is 24.9. The average molecular weight is 515 g/mol. The Morgan fingerprint density at radius 1 is 1.14 bits per heavy atom. The highest BCUT2D eigenvalue weighted by Crippen LogP contribution is 2.34. The van der Waals surface area contributed by atoms with Crippen LogP contribution in [0.2, 0.25) is 5.02 Å². The van der Waals surface area contributed by atoms with E-state index in [9.17, 15) is 14.0 Å². The Bertz CT molecular complexity index is 1160. The molecule has 5 nitrogen and oxygen atoms in total. The predicted octanol–water partition coefficient (Wildman–Crippen LogP) is 5.84. The van der Waals surface area contributed by atoms with Crippen molar-refractivity contribution in [1.82, 2.24) is 9.80 Å². The maximum atomic E-state index is 13.6. The van der Waals surface area contributed by atoms with Gasteiger partial charge in [0, 0.05) is 28.6 Å². The van der Waals surface area contributed by atoms with E-state index in [2.05, 4.69) is 0 Å². The minimum Gasteiger partial charge on any atom is -0.491 e. The number of amides is 2. The van der Waals surface area contributed by atoms with Crippen molar-refractivity contribution in [2.75, 3.05) is 26.2 Å². The van der Waals surface area contributed by atoms with Crippen LogP contribution in [0.15, 0.2) is 60.0 Å². The minimum absolute atomic E-state index is 0.0503. The average Bonchev–Trinajstić information content (AvgIpc) is 3.32. The Morgan fingerprint density at radius 3 is 2.54 bits per heavy atom. The predicted molar refractivity (Wildman–Crippen MR) is 137 cm³/mol. The summed E-state index contributed by atoms with van der Waals surface area (Å²) >= 11 is 7.67. The smallest absolute Gasteiger partial charge is 0.254 e. The Kier molecular flexibility index (Phi) is 8.08. The van der Waals surface area contributed by atoms with E-state index in [1.54, 1.807) is 40.5 Å². The van der Waals surface area contributed by atoms with Crippen molar-refractivity contribution in [3.05, 3.63) is 86.8 Å². The van der Waals surface area contributed by atoms with Crippen molar-refractivity contribution >= 4 is 34.8 Å². The van der Waals surface area contributed by atoms with Crippen molar-refractivity contribution in [1.29, 1.82) is 0 Å². The molecule has 2 aromatic carbocycles. The van der Waals surface area contributed by atoms with E-state index in [1.165, 1.54) is 29.1 Å². The van der Waals surface area contributed by atoms with Gasteiger partial charge < -0.3 is 14.5 Å². The molecule has 184 valence electrons. The largest absolute Gasteiger partial charge is 0.491 e. The molecule has 0 bridgehead atoms. The molecule has 3 aromatic rings. The molecule has 8 heteroatoms. The normalized spacial score (nSPS) is 15.1. The summed E-state index contributed by atoms with van der Waals surface area (Å²) in [6, 6.07) is 14.4. The number of carbonyl (C=O) groups is 2. The Labute approximate surface area is 214 Å². The summed E-state index contributed by atoms with van der Waals surface area (Å²) < 4.78 is 19.4. The first-order chi connectivity index (χ1) is 16.8. The number of carbonyl (C=O) groups excluding carboxylic acids is 2. The topological polar surface area (TPSA) is 49.9 Å². The second-order valence-electron chi connectivity index (χ2n) is 9.00. The number of halogens is 2. The summed E-state index contributed by atoms with van der Waals surface area (Å²) in [5.74, 6) is 0.0199. The van der Waals surface area contributed by atoms with Crippen molar-refractivity contribution in [2.24, 2.45) is 5.92 Å². The van der Waals surface area contributed by atoms with Crippen molar-refractivity contribution in [2.45, 2.75) is 26.3 Å². The van der Waals surface area contributed by atoms with Crippen molar-refractivity contribution in [3.63, 3.8) is 0 Å². The van der Waals surface area contributed by atoms with Gasteiger partial charge in [-0.05, 0) is 77.9 Å². The van der Waals surface area contributed by atoms with Crippen LogP contribution in [0, 0.1) is 11.7 Å². The fraction of sp³-hybridized carbons (Fsp3) is 0.333. The van der Waals surface area contributed by atoms with Gasteiger partial charge in [0.15, 0.2) is 0 Å². The lowest BCUT2D eigenvalue weighted by atomic mass is 10.00. The quantitative estimate of drug-likeness (QED) is 0.379. The summed E-state index contributed by atoms with van der Waals surface area (Å²) in [4.78, 5) is 31.4. The third kappa shape index (κ3) is 6.21. The molecule has 1 aromatic heterocycles. The van der Waals surface area contributed by atoms with Gasteiger partial charge in [-0.3, -0.25) is 9.59 Å². The molecule has 1 aliphatic heterocycles. The van der Waals surface area contributed by atoms with Gasteiger partial charge in [-0.15, -0.1) is 11.3 Å². The molecule has 0 radical (unpaired) electrons. The lowest BCUT2D eigenvalue weighted by molar-refractivity contribution is -0.135. The standard InChI is InChI=1S/C27H28ClFN2O3S/c1-18(2)15-30(27(33)19-3-7-21(29)8-4-19)16-26(32)31-13-11-25-23(12-14-35-25)24(31)17-34-22-9-5-20(28)6-10-22/h3-10,12,14,18,24H,11,13,15-17H2,1-2H3. The Balaban J connectivity index is 1.52. The zero-order valence-corrected chi connectivity index (χ0v) is 21.3. The number of hydrogen-bond donors (Lipinski definition) is 0. The lowest BCUT2D eigenvalue weighted by Gasteiger charge is -2.37. The molecule has 0 saturated heterocycles. The van der Waals surface area contributed by atoms with E-state index in [0.717, 1.165) is 12.0 Å². The van der Waals surface area contributed by atoms with E-state index < -0.39 is 5.82 Å². The van der Waals surface area contributed by atoms with Crippen LogP contribution in [-0.2, 0) is 11.2 Å². The summed E-state index contributed by atoms with van der Waals surface area (Å²) in [5.41, 5.74) is 1.45. The van der Waals surface area contributed by atoms with Gasteiger partial charge >= 0.3 is 0 Å². The molecule has 35 heavy (non-hydrogen) atoms. The van der Waals surface area contributed by atoms with Crippen LogP contribution in [0.1, 0.15) is 40.7 Å². The third-order valence-electron chi connectivity index (χ3n) is 5.93. The zero-order valence-electron chi connectivity index (χ0n) is 19.7. The molecular weight excluding hydrogens is 487 g/mol. The fourth-order valence-corrected chi connectivity index (χ4v) is 5.32. The van der Waals surface area contributed by atoms with Crippen molar-refractivity contribution in [3.8, 4) is 5.75 Å². The molecule has 0 saturated carbocycles. The number of benzene rings is 2. The number of nitrogens with zero attached hydrogens (tertiary/aromatic N) is 2. The maximum absolute atomic E-state index is 13.6. The first-order valence-corrected chi connectivity index (χ1v) is 12.9. The molecule has 1 aliphatic rings. The molecule has 2 heterocycles. The highest BCUT2D eigenvalue weighted by atomic mass is 35.5. The number of rotatable bonds is 8. The SMILES string of the molecule is CC(C)CN(CC(=O)N1CCc2sccc2C1COc1ccc(Cl)cc1)C(=O)c1ccc(F)cc1. The van der Waals surface area contributed by atoms with Gasteiger partial charge in [-0.2, -0.15) is 0 Å². The van der Waals surface area contributed by atoms with Gasteiger partial charge in [-0.25, -0.2) is 4.39 Å². The van der Waals surface area contributed by atoms with Crippen LogP contribution in [0.4, 0.5) is 4.39 Å². The lowest BCUT2D eigenvalue weighted by Crippen LogP contribution is -2.48. The third-order valence-corrected chi connectivity index (χ3v) is 7.18. The number of fused-ring (bicyclic) bond motifs is 1. The first kappa shape index (κ1) is 25.2. The van der Waals surface area contributed by atoms with Crippen LogP contribution < -0.4 is 4.74 Å². The highest BCUT2D eigenvalue weighted by molar-refractivity contribution is 7.10. The van der Waals surface area contributed by atoms with E-state index in [4.69, 9.17) is 16.3 Å². The maximum Gasteiger partial charge on any atom is 0.254 e. The summed E-state index contributed by atoms with van der Waals surface area (Å²) in [6.45, 7) is 5.22. The molecule has 4 rings (SSSR count). The molecule has 0 aliphatic carbocycles. The molecule has 0 spiro atoms. The van der Waals surface area contributed by atoms with E-state index in [0.29, 0.717) is 36.0 Å². The van der Waals surface area contributed by atoms with Crippen LogP contribution in [0.25, 0.3) is 0 Å². The van der Waals surface area contributed by atoms with Crippen LogP contribution in [0.3, 0.4) is 0 Å². The van der Waals surface area contributed by atoms with Gasteiger partial charge in [0.2, 0.25) is 5.91 Å². The molecular formula is C27H28ClFN2O3S. The Morgan fingerprint density at radius 2 is 1.86 bits per heavy atom. The molecule has 1 atom stereocenters. The van der Waals surface area contributed by atoms with Crippen LogP contribution >= 0.6 is 22.9 Å². The van der Waals surface area contributed by atoms with Gasteiger partial charge in [0.25, 0.3) is 5.91 Å². The van der Waals surface area contributed by atoms with Gasteiger partial charge in [0.1, 0.15) is 24.7 Å². The molecule has 1 unspecified atom stereocenters. The summed E-state index contributed by atoms with van der Waals surface area (Å²) in [5, 5.41) is 2.67. The second kappa shape index (κ2) is 11.2. The number of hydrogen-bond acceptors (Lipinski definition) is 4. The number of ether oxygens (including phenoxy) is 1. The Hall–Kier alpha value is -2.90. The molecule has 2 amide bonds. The highest BCUT2D eigenvalue weighted by Gasteiger charge is 2.33. The van der Waals surface area contributed by atoms with E-state index in [1.807, 2.05) is 30.2 Å². The second-order valence-corrected chi connectivity index (χ2v) is 10.4. The van der Waals surface area contributed by atoms with Crippen LogP contribution in [0.5, 0.6) is 5.75 Å². The van der Waals surface area contributed by atoms with Crippen molar-refractivity contribution < 1.29 is 18.7 Å². The summed E-state index contributed by atoms with van der Waals surface area (Å²) in [6.07, 6.45) is 0.770. The summed E-state index contributed by atoms with van der Waals surface area (Å²) in [7, 11) is 0. The van der Waals surface area contributed by atoms with Gasteiger partial charge in [0.05, 0.1) is 6.04 Å². The monoisotopic (exact) mass is 514 g/mol. The minimum atomic E-state index is -0.406. The number of thiophene rings is 1. The van der Waals surface area contributed by atoms with E-state index in [-0.39, 0.29) is 30.3 Å². The molecule has 0 N–H and O–H groups in total. The fourth-order valence-electron chi connectivity index (χ4n) is 4.27. The van der Waals surface area contributed by atoms with E-state index >= 15 is 0 Å². The first-order valence-electron chi connectivity index (χ1n) is 11.6.